The van der Waals surface area contributed by atoms with Crippen molar-refractivity contribution in [2.75, 3.05) is 0 Å². The van der Waals surface area contributed by atoms with Gasteiger partial charge in [0.05, 0.1) is 14.4 Å². The molecule has 0 bridgehead atoms. The Morgan fingerprint density at radius 1 is 0.885 bits per heavy atom. The van der Waals surface area contributed by atoms with Gasteiger partial charge in [-0.15, -0.1) is 11.3 Å². The summed E-state index contributed by atoms with van der Waals surface area (Å²) in [5.41, 5.74) is 4.66. The Bertz CT molecular complexity index is 1150. The molecule has 2 aromatic carbocycles. The molecular formula is C21H11NOS3. The topological polar surface area (TPSA) is 26.0 Å². The molecule has 1 aliphatic carbocycles. The Balaban J connectivity index is 1.53. The van der Waals surface area contributed by atoms with Gasteiger partial charge >= 0.3 is 0 Å². The summed E-state index contributed by atoms with van der Waals surface area (Å²) in [6.45, 7) is 0. The van der Waals surface area contributed by atoms with Crippen LogP contribution in [0, 0.1) is 0 Å². The first-order valence-electron chi connectivity index (χ1n) is 8.06. The Kier molecular flexibility index (Phi) is 3.67. The Morgan fingerprint density at radius 3 is 2.19 bits per heavy atom. The lowest BCUT2D eigenvalue weighted by Gasteiger charge is -1.96. The van der Waals surface area contributed by atoms with Crippen LogP contribution < -0.4 is 0 Å². The standard InChI is InChI=1S/C21H11NOS3/c24-19-13-8-4-5-9-14(13)20(25)15(19)10-18-22-21-17(26-18)11-16(23-21)12-6-2-1-3-7-12/h1-11H. The molecule has 124 valence electrons. The summed E-state index contributed by atoms with van der Waals surface area (Å²) >= 11 is 12.8. The molecular weight excluding hydrogens is 378 g/mol. The third-order valence-corrected chi connectivity index (χ3v) is 6.15. The molecule has 0 spiro atoms. The van der Waals surface area contributed by atoms with Gasteiger partial charge in [-0.1, -0.05) is 79.0 Å². The maximum absolute atomic E-state index is 5.92. The van der Waals surface area contributed by atoms with Crippen LogP contribution in [0.2, 0.25) is 0 Å². The van der Waals surface area contributed by atoms with Crippen LogP contribution >= 0.6 is 35.8 Å². The van der Waals surface area contributed by atoms with Crippen molar-refractivity contribution in [2.45, 2.75) is 0 Å². The number of benzene rings is 2. The van der Waals surface area contributed by atoms with Crippen molar-refractivity contribution in [2.24, 2.45) is 0 Å². The van der Waals surface area contributed by atoms with Crippen LogP contribution in [0.15, 0.2) is 70.7 Å². The molecule has 0 amide bonds. The monoisotopic (exact) mass is 389 g/mol. The van der Waals surface area contributed by atoms with Crippen LogP contribution in [0.25, 0.3) is 27.8 Å². The van der Waals surface area contributed by atoms with E-state index in [1.807, 2.05) is 66.7 Å². The molecule has 0 saturated carbocycles. The Hall–Kier alpha value is -2.47. The molecule has 26 heavy (non-hydrogen) atoms. The van der Waals surface area contributed by atoms with Crippen molar-refractivity contribution in [3.8, 4) is 11.3 Å². The van der Waals surface area contributed by atoms with E-state index in [0.717, 1.165) is 47.5 Å². The number of furan rings is 1. The van der Waals surface area contributed by atoms with E-state index in [2.05, 4.69) is 4.98 Å². The average molecular weight is 390 g/mol. The third kappa shape index (κ3) is 2.48. The lowest BCUT2D eigenvalue weighted by molar-refractivity contribution is 0.619. The molecule has 2 nitrogen and oxygen atoms in total. The first-order chi connectivity index (χ1) is 12.7. The Morgan fingerprint density at radius 2 is 1.54 bits per heavy atom. The number of thiazole rings is 1. The minimum Gasteiger partial charge on any atom is -0.437 e. The number of fused-ring (bicyclic) bond motifs is 2. The lowest BCUT2D eigenvalue weighted by Crippen LogP contribution is -1.97. The average Bonchev–Trinajstić information content (AvgIpc) is 3.30. The molecule has 2 aromatic heterocycles. The van der Waals surface area contributed by atoms with Crippen LogP contribution in [-0.4, -0.2) is 14.7 Å². The minimum absolute atomic E-state index is 0.646. The van der Waals surface area contributed by atoms with Crippen molar-refractivity contribution in [1.82, 2.24) is 4.98 Å². The van der Waals surface area contributed by atoms with E-state index >= 15 is 0 Å². The van der Waals surface area contributed by atoms with Gasteiger partial charge in [0.25, 0.3) is 0 Å². The fourth-order valence-electron chi connectivity index (χ4n) is 3.08. The summed E-state index contributed by atoms with van der Waals surface area (Å²) in [5, 5.41) is 0.853. The SMILES string of the molecule is S=C1C(=Cc2nc3oc(-c4ccccc4)cc3s2)C(=S)c2ccccc21. The van der Waals surface area contributed by atoms with E-state index in [0.29, 0.717) is 5.71 Å². The smallest absolute Gasteiger partial charge is 0.238 e. The first-order valence-corrected chi connectivity index (χ1v) is 9.70. The van der Waals surface area contributed by atoms with E-state index in [1.165, 1.54) is 0 Å². The number of thiocarbonyl (C=S) groups is 2. The number of aromatic nitrogens is 1. The first kappa shape index (κ1) is 15.8. The summed E-state index contributed by atoms with van der Waals surface area (Å²) in [6, 6.07) is 20.1. The quantitative estimate of drug-likeness (QED) is 0.306. The summed E-state index contributed by atoms with van der Waals surface area (Å²) < 4.78 is 6.94. The number of allylic oxidation sites excluding steroid dienone is 1. The predicted molar refractivity (Wildman–Crippen MR) is 115 cm³/mol. The Labute approximate surface area is 164 Å². The van der Waals surface area contributed by atoms with Gasteiger partial charge in [-0.05, 0) is 6.08 Å². The highest BCUT2D eigenvalue weighted by molar-refractivity contribution is 7.84. The third-order valence-electron chi connectivity index (χ3n) is 4.34. The van der Waals surface area contributed by atoms with Crippen LogP contribution in [0.1, 0.15) is 16.1 Å². The maximum atomic E-state index is 5.92. The van der Waals surface area contributed by atoms with Crippen LogP contribution in [-0.2, 0) is 0 Å². The van der Waals surface area contributed by atoms with Gasteiger partial charge in [-0.3, -0.25) is 0 Å². The number of hydrogen-bond donors (Lipinski definition) is 0. The van der Waals surface area contributed by atoms with Crippen molar-refractivity contribution >= 4 is 62.0 Å². The molecule has 1 aliphatic rings. The fraction of sp³-hybridized carbons (Fsp3) is 0. The molecule has 0 fully saturated rings. The van der Waals surface area contributed by atoms with E-state index < -0.39 is 0 Å². The second kappa shape index (κ2) is 6.06. The lowest BCUT2D eigenvalue weighted by atomic mass is 10.1. The number of rotatable bonds is 2. The second-order valence-electron chi connectivity index (χ2n) is 5.96. The molecule has 0 atom stereocenters. The highest BCUT2D eigenvalue weighted by Crippen LogP contribution is 2.34. The summed E-state index contributed by atoms with van der Waals surface area (Å²) in [7, 11) is 0. The van der Waals surface area contributed by atoms with Crippen LogP contribution in [0.3, 0.4) is 0 Å². The van der Waals surface area contributed by atoms with Gasteiger partial charge in [-0.25, -0.2) is 4.98 Å². The highest BCUT2D eigenvalue weighted by Gasteiger charge is 2.26. The van der Waals surface area contributed by atoms with Gasteiger partial charge in [0, 0.05) is 28.3 Å². The van der Waals surface area contributed by atoms with Crippen LogP contribution in [0.5, 0.6) is 0 Å². The van der Waals surface area contributed by atoms with E-state index in [4.69, 9.17) is 28.9 Å². The van der Waals surface area contributed by atoms with Crippen molar-refractivity contribution in [1.29, 1.82) is 0 Å². The summed E-state index contributed by atoms with van der Waals surface area (Å²) in [6.07, 6.45) is 1.98. The van der Waals surface area contributed by atoms with Gasteiger partial charge in [0.2, 0.25) is 5.71 Å². The van der Waals surface area contributed by atoms with Gasteiger partial charge in [0.1, 0.15) is 10.8 Å². The van der Waals surface area contributed by atoms with Crippen molar-refractivity contribution < 1.29 is 4.42 Å². The zero-order chi connectivity index (χ0) is 17.7. The number of nitrogens with zero attached hydrogens (tertiary/aromatic N) is 1. The zero-order valence-electron chi connectivity index (χ0n) is 13.4. The molecule has 5 heteroatoms. The minimum atomic E-state index is 0.646. The molecule has 0 unspecified atom stereocenters. The normalized spacial score (nSPS) is 13.5. The number of hydrogen-bond acceptors (Lipinski definition) is 5. The van der Waals surface area contributed by atoms with E-state index in [9.17, 15) is 0 Å². The largest absolute Gasteiger partial charge is 0.437 e. The molecule has 0 aliphatic heterocycles. The molecule has 0 saturated heterocycles. The van der Waals surface area contributed by atoms with E-state index in [-0.39, 0.29) is 0 Å². The summed E-state index contributed by atoms with van der Waals surface area (Å²) in [4.78, 5) is 6.20. The van der Waals surface area contributed by atoms with Gasteiger partial charge in [0.15, 0.2) is 0 Å². The van der Waals surface area contributed by atoms with Crippen molar-refractivity contribution in [3.05, 3.63) is 82.4 Å². The van der Waals surface area contributed by atoms with Crippen molar-refractivity contribution in [3.63, 3.8) is 0 Å². The van der Waals surface area contributed by atoms with Crippen LogP contribution in [0.4, 0.5) is 0 Å². The molecule has 0 radical (unpaired) electrons. The predicted octanol–water partition coefficient (Wildman–Crippen LogP) is 6.09. The highest BCUT2D eigenvalue weighted by atomic mass is 32.1. The van der Waals surface area contributed by atoms with E-state index in [1.54, 1.807) is 11.3 Å². The molecule has 4 aromatic rings. The molecule has 2 heterocycles. The zero-order valence-corrected chi connectivity index (χ0v) is 15.9. The van der Waals surface area contributed by atoms with Gasteiger partial charge in [-0.2, -0.15) is 0 Å². The molecule has 0 N–H and O–H groups in total. The summed E-state index contributed by atoms with van der Waals surface area (Å²) in [5.74, 6) is 0.831. The van der Waals surface area contributed by atoms with Gasteiger partial charge < -0.3 is 4.42 Å². The maximum Gasteiger partial charge on any atom is 0.238 e. The second-order valence-corrected chi connectivity index (χ2v) is 7.84. The fourth-order valence-corrected chi connectivity index (χ4v) is 4.70. The molecule has 5 rings (SSSR count).